The summed E-state index contributed by atoms with van der Waals surface area (Å²) in [6, 6.07) is 11.7. The van der Waals surface area contributed by atoms with Crippen LogP contribution in [0.25, 0.3) is 0 Å². The summed E-state index contributed by atoms with van der Waals surface area (Å²) in [5, 5.41) is 10.6. The van der Waals surface area contributed by atoms with Gasteiger partial charge < -0.3 is 5.32 Å². The molecule has 1 amide bonds. The second-order valence-corrected chi connectivity index (χ2v) is 9.44. The molecule has 0 radical (unpaired) electrons. The van der Waals surface area contributed by atoms with Crippen LogP contribution in [-0.2, 0) is 19.4 Å². The number of hydrogen-bond donors (Lipinski definition) is 1. The monoisotopic (exact) mass is 435 g/mol. The van der Waals surface area contributed by atoms with Gasteiger partial charge in [0.2, 0.25) is 0 Å². The molecule has 0 fully saturated rings. The van der Waals surface area contributed by atoms with Crippen LogP contribution < -0.4 is 5.32 Å². The van der Waals surface area contributed by atoms with Crippen LogP contribution in [0.2, 0.25) is 0 Å². The van der Waals surface area contributed by atoms with Gasteiger partial charge in [0.05, 0.1) is 11.6 Å². The number of amides is 1. The van der Waals surface area contributed by atoms with E-state index in [0.717, 1.165) is 35.2 Å². The molecule has 2 unspecified atom stereocenters. The molecule has 0 aliphatic heterocycles. The van der Waals surface area contributed by atoms with Gasteiger partial charge in [-0.2, -0.15) is 5.26 Å². The molecule has 1 aromatic heterocycles. The predicted molar refractivity (Wildman–Crippen MR) is 124 cm³/mol. The van der Waals surface area contributed by atoms with E-state index in [0.29, 0.717) is 24.1 Å². The van der Waals surface area contributed by atoms with E-state index < -0.39 is 5.41 Å². The lowest BCUT2D eigenvalue weighted by Gasteiger charge is -2.18. The van der Waals surface area contributed by atoms with Crippen LogP contribution in [0.1, 0.15) is 52.5 Å². The van der Waals surface area contributed by atoms with Crippen LogP contribution in [0.5, 0.6) is 0 Å². The second kappa shape index (κ2) is 9.98. The first-order valence-corrected chi connectivity index (χ1v) is 10.9. The highest BCUT2D eigenvalue weighted by Gasteiger charge is 2.19. The molecule has 2 atom stereocenters. The average Bonchev–Trinajstić information content (AvgIpc) is 2.72. The lowest BCUT2D eigenvalue weighted by molar-refractivity contribution is 0.0950. The fourth-order valence-electron chi connectivity index (χ4n) is 3.62. The summed E-state index contributed by atoms with van der Waals surface area (Å²) in [4.78, 5) is 17.0. The molecule has 1 heterocycles. The van der Waals surface area contributed by atoms with Gasteiger partial charge in [0.1, 0.15) is 5.41 Å². The maximum Gasteiger partial charge on any atom is 0.253 e. The Morgan fingerprint density at radius 2 is 2.13 bits per heavy atom. The number of carbonyl (C=O) groups excluding carboxylic acids is 1. The Kier molecular flexibility index (Phi) is 7.36. The van der Waals surface area contributed by atoms with Crippen molar-refractivity contribution in [3.63, 3.8) is 0 Å². The topological polar surface area (TPSA) is 65.8 Å². The number of nitriles is 1. The third-order valence-corrected chi connectivity index (χ3v) is 5.35. The minimum Gasteiger partial charge on any atom is -0.348 e. The molecule has 4 nitrogen and oxygen atoms in total. The number of allylic oxidation sites excluding steroid dienone is 4. The van der Waals surface area contributed by atoms with E-state index >= 15 is 0 Å². The number of aromatic nitrogens is 1. The van der Waals surface area contributed by atoms with Crippen LogP contribution in [0.15, 0.2) is 59.8 Å². The van der Waals surface area contributed by atoms with Crippen molar-refractivity contribution in [2.75, 3.05) is 0 Å². The lowest BCUT2D eigenvalue weighted by atomic mass is 9.96. The minimum absolute atomic E-state index is 0.217. The summed E-state index contributed by atoms with van der Waals surface area (Å²) < 4.78 is 14.1. The zero-order valence-electron chi connectivity index (χ0n) is 17.9. The summed E-state index contributed by atoms with van der Waals surface area (Å²) in [5.74, 6) is -0.217. The molecule has 0 bridgehead atoms. The summed E-state index contributed by atoms with van der Waals surface area (Å²) in [7, 11) is 2.23. The fourth-order valence-corrected chi connectivity index (χ4v) is 3.84. The number of pyridine rings is 1. The van der Waals surface area contributed by atoms with E-state index in [1.807, 2.05) is 43.3 Å². The van der Waals surface area contributed by atoms with E-state index in [4.69, 9.17) is 5.26 Å². The number of rotatable bonds is 7. The molecular formula is C25H27FN3OP. The van der Waals surface area contributed by atoms with Crippen molar-refractivity contribution in [2.45, 2.75) is 51.5 Å². The Bertz CT molecular complexity index is 1060. The van der Waals surface area contributed by atoms with Gasteiger partial charge in [0, 0.05) is 36.9 Å². The fraction of sp³-hybridized carbons (Fsp3) is 0.320. The number of alkyl halides is 1. The first kappa shape index (κ1) is 22.8. The maximum atomic E-state index is 14.1. The van der Waals surface area contributed by atoms with Crippen LogP contribution in [0, 0.1) is 18.3 Å². The van der Waals surface area contributed by atoms with Crippen molar-refractivity contribution >= 4 is 15.1 Å². The molecule has 3 rings (SSSR count). The Balaban J connectivity index is 1.62. The smallest absolute Gasteiger partial charge is 0.253 e. The van der Waals surface area contributed by atoms with Gasteiger partial charge in [-0.1, -0.05) is 44.7 Å². The maximum absolute atomic E-state index is 14.1. The highest BCUT2D eigenvalue weighted by atomic mass is 31.0. The molecular weight excluding hydrogens is 408 g/mol. The van der Waals surface area contributed by atoms with Gasteiger partial charge in [-0.25, -0.2) is 4.39 Å². The van der Waals surface area contributed by atoms with Gasteiger partial charge in [0.15, 0.2) is 0 Å². The second-order valence-electron chi connectivity index (χ2n) is 8.24. The Morgan fingerprint density at radius 1 is 1.32 bits per heavy atom. The Morgan fingerprint density at radius 3 is 2.81 bits per heavy atom. The third kappa shape index (κ3) is 6.84. The van der Waals surface area contributed by atoms with Gasteiger partial charge in [0.25, 0.3) is 5.91 Å². The first-order chi connectivity index (χ1) is 14.7. The molecule has 0 saturated heterocycles. The number of hydrogen-bond acceptors (Lipinski definition) is 3. The molecule has 1 aliphatic carbocycles. The minimum atomic E-state index is -1.40. The normalized spacial score (nSPS) is 15.3. The molecule has 0 spiro atoms. The number of aryl methyl sites for hydroxylation is 1. The number of nitrogens with one attached hydrogen (secondary N) is 1. The molecule has 1 aromatic carbocycles. The van der Waals surface area contributed by atoms with E-state index in [2.05, 4.69) is 25.6 Å². The van der Waals surface area contributed by atoms with Crippen molar-refractivity contribution in [1.29, 1.82) is 5.26 Å². The zero-order valence-corrected chi connectivity index (χ0v) is 19.1. The zero-order chi connectivity index (χ0) is 22.4. The highest BCUT2D eigenvalue weighted by molar-refractivity contribution is 7.18. The van der Waals surface area contributed by atoms with E-state index in [-0.39, 0.29) is 12.3 Å². The van der Waals surface area contributed by atoms with Gasteiger partial charge in [-0.05, 0) is 56.0 Å². The summed E-state index contributed by atoms with van der Waals surface area (Å²) in [6.07, 6.45) is 8.16. The van der Waals surface area contributed by atoms with Gasteiger partial charge in [-0.3, -0.25) is 9.78 Å². The highest BCUT2D eigenvalue weighted by Crippen LogP contribution is 2.27. The number of benzene rings is 1. The van der Waals surface area contributed by atoms with Crippen molar-refractivity contribution in [1.82, 2.24) is 10.3 Å². The van der Waals surface area contributed by atoms with E-state index in [1.54, 1.807) is 12.3 Å². The van der Waals surface area contributed by atoms with Gasteiger partial charge >= 0.3 is 0 Å². The molecule has 1 N–H and O–H groups in total. The quantitative estimate of drug-likeness (QED) is 0.613. The van der Waals surface area contributed by atoms with Crippen LogP contribution in [0.4, 0.5) is 4.39 Å². The summed E-state index contributed by atoms with van der Waals surface area (Å²) in [6.45, 7) is 3.82. The van der Waals surface area contributed by atoms with Crippen LogP contribution in [-0.4, -0.2) is 16.3 Å². The molecule has 160 valence electrons. The SMILES string of the molecule is Cc1ccc(CNC(=O)c2ccc(CC3=CC(C#N)=CCC3)nc2)c(CC(C)(F)P)c1. The first-order valence-electron chi connectivity index (χ1n) is 10.3. The van der Waals surface area contributed by atoms with E-state index in [1.165, 1.54) is 12.5 Å². The number of carbonyl (C=O) groups is 1. The average molecular weight is 435 g/mol. The molecule has 0 saturated carbocycles. The van der Waals surface area contributed by atoms with Crippen LogP contribution in [0.3, 0.4) is 0 Å². The van der Waals surface area contributed by atoms with Gasteiger partial charge in [-0.15, -0.1) is 0 Å². The molecule has 2 aromatic rings. The van der Waals surface area contributed by atoms with E-state index in [9.17, 15) is 9.18 Å². The summed E-state index contributed by atoms with van der Waals surface area (Å²) >= 11 is 0. The largest absolute Gasteiger partial charge is 0.348 e. The molecule has 1 aliphatic rings. The van der Waals surface area contributed by atoms with Crippen molar-refractivity contribution in [3.05, 3.63) is 87.8 Å². The van der Waals surface area contributed by atoms with Crippen molar-refractivity contribution in [2.24, 2.45) is 0 Å². The van der Waals surface area contributed by atoms with Crippen LogP contribution >= 0.6 is 9.24 Å². The standard InChI is InChI=1S/C25H27FN3OP/c1-17-6-7-20(22(10-17)13-25(2,26)31)15-29-24(30)21-8-9-23(28-16-21)12-18-4-3-5-19(11-18)14-27/h5-11,16H,3-4,12-13,15,31H2,1-2H3,(H,29,30). The Hall–Kier alpha value is -2.83. The Labute approximate surface area is 185 Å². The number of nitrogens with zero attached hydrogens (tertiary/aromatic N) is 2. The number of halogens is 1. The third-order valence-electron chi connectivity index (χ3n) is 5.15. The lowest BCUT2D eigenvalue weighted by Crippen LogP contribution is -2.24. The van der Waals surface area contributed by atoms with Crippen molar-refractivity contribution in [3.8, 4) is 6.07 Å². The summed E-state index contributed by atoms with van der Waals surface area (Å²) in [5.41, 5.74) is 6.07. The molecule has 6 heteroatoms. The predicted octanol–water partition coefficient (Wildman–Crippen LogP) is 5.14. The molecule has 31 heavy (non-hydrogen) atoms. The van der Waals surface area contributed by atoms with Crippen molar-refractivity contribution < 1.29 is 9.18 Å².